The summed E-state index contributed by atoms with van der Waals surface area (Å²) in [5.41, 5.74) is 4.05. The largest absolute Gasteiger partial charge is 0.111 e. The van der Waals surface area contributed by atoms with E-state index in [1.165, 1.54) is 22.5 Å². The lowest BCUT2D eigenvalue weighted by Crippen LogP contribution is -2.07. The van der Waals surface area contributed by atoms with Crippen LogP contribution in [0.3, 0.4) is 0 Å². The van der Waals surface area contributed by atoms with Crippen LogP contribution in [0.25, 0.3) is 0 Å². The highest BCUT2D eigenvalue weighted by atomic mass is 79.9. The van der Waals surface area contributed by atoms with E-state index in [9.17, 15) is 0 Å². The SMILES string of the molecule is Clc1cc(C(Br)C2Cc3ccccc3C2)c(Cl)s1. The molecule has 0 saturated carbocycles. The van der Waals surface area contributed by atoms with Gasteiger partial charge in [-0.25, -0.2) is 0 Å². The van der Waals surface area contributed by atoms with E-state index in [2.05, 4.69) is 40.2 Å². The molecule has 94 valence electrons. The van der Waals surface area contributed by atoms with Gasteiger partial charge in [-0.1, -0.05) is 63.4 Å². The fraction of sp³-hybridized carbons (Fsp3) is 0.286. The molecule has 18 heavy (non-hydrogen) atoms. The molecule has 0 nitrogen and oxygen atoms in total. The molecule has 2 aromatic rings. The number of hydrogen-bond acceptors (Lipinski definition) is 1. The standard InChI is InChI=1S/C14H11BrCl2S/c15-13(11-7-12(16)18-14(11)17)10-5-8-3-1-2-4-9(8)6-10/h1-4,7,10,13H,5-6H2. The molecule has 0 radical (unpaired) electrons. The number of hydrogen-bond donors (Lipinski definition) is 0. The number of alkyl halides is 1. The van der Waals surface area contributed by atoms with E-state index in [-0.39, 0.29) is 4.83 Å². The lowest BCUT2D eigenvalue weighted by molar-refractivity contribution is 0.555. The van der Waals surface area contributed by atoms with E-state index in [1.807, 2.05) is 6.07 Å². The molecule has 0 N–H and O–H groups in total. The second kappa shape index (κ2) is 5.16. The first-order chi connectivity index (χ1) is 8.65. The van der Waals surface area contributed by atoms with Gasteiger partial charge in [0.2, 0.25) is 0 Å². The fourth-order valence-corrected chi connectivity index (χ4v) is 5.16. The summed E-state index contributed by atoms with van der Waals surface area (Å²) in [6, 6.07) is 10.6. The van der Waals surface area contributed by atoms with Crippen LogP contribution in [0.2, 0.25) is 8.67 Å². The number of benzene rings is 1. The van der Waals surface area contributed by atoms with E-state index >= 15 is 0 Å². The Kier molecular flexibility index (Phi) is 3.72. The van der Waals surface area contributed by atoms with Crippen molar-refractivity contribution in [3.8, 4) is 0 Å². The van der Waals surface area contributed by atoms with Gasteiger partial charge in [0.25, 0.3) is 0 Å². The maximum atomic E-state index is 6.23. The first kappa shape index (κ1) is 13.0. The maximum Gasteiger partial charge on any atom is 0.0987 e. The molecule has 0 amide bonds. The minimum atomic E-state index is 0.279. The Morgan fingerprint density at radius 1 is 1.17 bits per heavy atom. The molecule has 3 rings (SSSR count). The van der Waals surface area contributed by atoms with Gasteiger partial charge in [-0.15, -0.1) is 11.3 Å². The topological polar surface area (TPSA) is 0 Å². The van der Waals surface area contributed by atoms with Crippen LogP contribution in [0.5, 0.6) is 0 Å². The lowest BCUT2D eigenvalue weighted by Gasteiger charge is -2.16. The molecule has 1 aliphatic carbocycles. The predicted octanol–water partition coefficient (Wildman–Crippen LogP) is 5.91. The van der Waals surface area contributed by atoms with Crippen LogP contribution in [-0.2, 0) is 12.8 Å². The molecule has 1 aliphatic rings. The minimum absolute atomic E-state index is 0.279. The van der Waals surface area contributed by atoms with Crippen LogP contribution in [0.4, 0.5) is 0 Å². The molecule has 1 heterocycles. The Labute approximate surface area is 129 Å². The monoisotopic (exact) mass is 360 g/mol. The molecule has 1 aromatic carbocycles. The molecule has 0 aliphatic heterocycles. The van der Waals surface area contributed by atoms with Gasteiger partial charge in [0, 0.05) is 4.83 Å². The highest BCUT2D eigenvalue weighted by Crippen LogP contribution is 2.45. The maximum absolute atomic E-state index is 6.23. The van der Waals surface area contributed by atoms with Crippen LogP contribution in [-0.4, -0.2) is 0 Å². The molecule has 4 heteroatoms. The third-order valence-electron chi connectivity index (χ3n) is 3.48. The molecule has 1 atom stereocenters. The molecule has 0 fully saturated rings. The van der Waals surface area contributed by atoms with Crippen LogP contribution < -0.4 is 0 Å². The first-order valence-corrected chi connectivity index (χ1v) is 8.29. The summed E-state index contributed by atoms with van der Waals surface area (Å²) in [5, 5.41) is 0. The van der Waals surface area contributed by atoms with Crippen LogP contribution in [0.15, 0.2) is 30.3 Å². The molecular formula is C14H11BrCl2S. The Balaban J connectivity index is 1.84. The zero-order chi connectivity index (χ0) is 12.7. The van der Waals surface area contributed by atoms with E-state index in [4.69, 9.17) is 23.2 Å². The van der Waals surface area contributed by atoms with Gasteiger partial charge >= 0.3 is 0 Å². The minimum Gasteiger partial charge on any atom is -0.111 e. The Hall–Kier alpha value is -0.0200. The van der Waals surface area contributed by atoms with Gasteiger partial charge in [0.05, 0.1) is 8.67 Å². The zero-order valence-electron chi connectivity index (χ0n) is 9.50. The lowest BCUT2D eigenvalue weighted by atomic mass is 9.98. The average Bonchev–Trinajstić information content (AvgIpc) is 2.91. The molecule has 0 bridgehead atoms. The highest BCUT2D eigenvalue weighted by molar-refractivity contribution is 9.09. The van der Waals surface area contributed by atoms with Gasteiger partial charge in [0.15, 0.2) is 0 Å². The van der Waals surface area contributed by atoms with Gasteiger partial charge in [-0.2, -0.15) is 0 Å². The summed E-state index contributed by atoms with van der Waals surface area (Å²) < 4.78 is 1.56. The summed E-state index contributed by atoms with van der Waals surface area (Å²) in [6.45, 7) is 0. The van der Waals surface area contributed by atoms with Crippen LogP contribution >= 0.6 is 50.5 Å². The Morgan fingerprint density at radius 2 is 1.78 bits per heavy atom. The highest BCUT2D eigenvalue weighted by Gasteiger charge is 2.29. The van der Waals surface area contributed by atoms with Crippen molar-refractivity contribution in [2.24, 2.45) is 5.92 Å². The first-order valence-electron chi connectivity index (χ1n) is 5.80. The third-order valence-corrected chi connectivity index (χ3v) is 6.24. The van der Waals surface area contributed by atoms with E-state index in [1.54, 1.807) is 0 Å². The van der Waals surface area contributed by atoms with Gasteiger partial charge in [0.1, 0.15) is 0 Å². The molecule has 1 unspecified atom stereocenters. The summed E-state index contributed by atoms with van der Waals surface area (Å²) >= 11 is 17.5. The molecular weight excluding hydrogens is 351 g/mol. The van der Waals surface area contributed by atoms with E-state index in [0.29, 0.717) is 5.92 Å². The van der Waals surface area contributed by atoms with Crippen molar-refractivity contribution in [1.82, 2.24) is 0 Å². The molecule has 0 saturated heterocycles. The zero-order valence-corrected chi connectivity index (χ0v) is 13.4. The second-order valence-corrected chi connectivity index (χ2v) is 7.89. The third kappa shape index (κ3) is 2.36. The van der Waals surface area contributed by atoms with Crippen molar-refractivity contribution in [3.05, 3.63) is 55.7 Å². The van der Waals surface area contributed by atoms with Crippen molar-refractivity contribution in [3.63, 3.8) is 0 Å². The van der Waals surface area contributed by atoms with Gasteiger partial charge < -0.3 is 0 Å². The van der Waals surface area contributed by atoms with Crippen molar-refractivity contribution in [2.75, 3.05) is 0 Å². The molecule has 1 aromatic heterocycles. The number of fused-ring (bicyclic) bond motifs is 1. The summed E-state index contributed by atoms with van der Waals surface area (Å²) in [7, 11) is 0. The average molecular weight is 362 g/mol. The normalized spacial score (nSPS) is 16.8. The Bertz CT molecular complexity index is 554. The van der Waals surface area contributed by atoms with Crippen molar-refractivity contribution in [2.45, 2.75) is 17.7 Å². The summed E-state index contributed by atoms with van der Waals surface area (Å²) in [6.07, 6.45) is 2.21. The van der Waals surface area contributed by atoms with Crippen molar-refractivity contribution >= 4 is 50.5 Å². The second-order valence-electron chi connectivity index (χ2n) is 4.62. The Morgan fingerprint density at radius 3 is 2.28 bits per heavy atom. The van der Waals surface area contributed by atoms with Crippen LogP contribution in [0, 0.1) is 5.92 Å². The van der Waals surface area contributed by atoms with Crippen LogP contribution in [0.1, 0.15) is 21.5 Å². The summed E-state index contributed by atoms with van der Waals surface area (Å²) in [5.74, 6) is 0.561. The van der Waals surface area contributed by atoms with Gasteiger partial charge in [-0.3, -0.25) is 0 Å². The number of halogens is 3. The van der Waals surface area contributed by atoms with Crippen molar-refractivity contribution in [1.29, 1.82) is 0 Å². The summed E-state index contributed by atoms with van der Waals surface area (Å²) in [4.78, 5) is 0.279. The quantitative estimate of drug-likeness (QED) is 0.583. The molecule has 0 spiro atoms. The van der Waals surface area contributed by atoms with Gasteiger partial charge in [-0.05, 0) is 41.5 Å². The van der Waals surface area contributed by atoms with E-state index < -0.39 is 0 Å². The fourth-order valence-electron chi connectivity index (χ4n) is 2.59. The van der Waals surface area contributed by atoms with Crippen molar-refractivity contribution < 1.29 is 0 Å². The smallest absolute Gasteiger partial charge is 0.0987 e. The predicted molar refractivity (Wildman–Crippen MR) is 83.3 cm³/mol. The number of rotatable bonds is 2. The van der Waals surface area contributed by atoms with E-state index in [0.717, 1.165) is 27.1 Å². The number of thiophene rings is 1.